The van der Waals surface area contributed by atoms with Crippen molar-refractivity contribution in [2.24, 2.45) is 0 Å². The van der Waals surface area contributed by atoms with E-state index in [0.717, 1.165) is 52.9 Å². The first-order valence-corrected chi connectivity index (χ1v) is 11.1. The molecule has 0 atom stereocenters. The van der Waals surface area contributed by atoms with Gasteiger partial charge in [0.1, 0.15) is 5.82 Å². The summed E-state index contributed by atoms with van der Waals surface area (Å²) < 4.78 is 9.24. The molecule has 33 heavy (non-hydrogen) atoms. The number of pyridine rings is 1. The van der Waals surface area contributed by atoms with E-state index in [1.54, 1.807) is 10.9 Å². The molecule has 9 heteroatoms. The highest BCUT2D eigenvalue weighted by Crippen LogP contribution is 2.26. The molecule has 1 aliphatic rings. The molecule has 0 unspecified atom stereocenters. The minimum atomic E-state index is 0.677. The van der Waals surface area contributed by atoms with E-state index in [0.29, 0.717) is 18.2 Å². The molecule has 0 bridgehead atoms. The van der Waals surface area contributed by atoms with E-state index in [-0.39, 0.29) is 0 Å². The Morgan fingerprint density at radius 2 is 1.76 bits per heavy atom. The Bertz CT molecular complexity index is 1420. The number of benzene rings is 1. The maximum atomic E-state index is 6.17. The van der Waals surface area contributed by atoms with Crippen LogP contribution in [0.25, 0.3) is 34.0 Å². The quantitative estimate of drug-likeness (QED) is 0.404. The first-order valence-electron chi connectivity index (χ1n) is 10.7. The molecule has 0 spiro atoms. The number of hydrogen-bond donors (Lipinski definition) is 0. The predicted octanol–water partition coefficient (Wildman–Crippen LogP) is 4.13. The van der Waals surface area contributed by atoms with Gasteiger partial charge in [0.05, 0.1) is 24.6 Å². The smallest absolute Gasteiger partial charge is 0.160 e. The number of morpholine rings is 1. The van der Waals surface area contributed by atoms with E-state index in [2.05, 4.69) is 9.88 Å². The van der Waals surface area contributed by atoms with Crippen LogP contribution in [0.2, 0.25) is 5.02 Å². The molecule has 6 rings (SSSR count). The molecular formula is C24H20ClN7O. The van der Waals surface area contributed by atoms with Gasteiger partial charge in [0, 0.05) is 60.0 Å². The molecule has 1 aliphatic heterocycles. The zero-order valence-corrected chi connectivity index (χ0v) is 18.4. The number of nitrogens with zero attached hydrogens (tertiary/aromatic N) is 7. The third kappa shape index (κ3) is 3.83. The van der Waals surface area contributed by atoms with Crippen molar-refractivity contribution in [2.75, 3.05) is 31.2 Å². The van der Waals surface area contributed by atoms with E-state index < -0.39 is 0 Å². The fraction of sp³-hybridized carbons (Fsp3) is 0.167. The van der Waals surface area contributed by atoms with E-state index in [4.69, 9.17) is 31.5 Å². The van der Waals surface area contributed by atoms with E-state index >= 15 is 0 Å². The van der Waals surface area contributed by atoms with Gasteiger partial charge in [0.15, 0.2) is 11.5 Å². The Balaban J connectivity index is 1.47. The molecule has 0 amide bonds. The fourth-order valence-corrected chi connectivity index (χ4v) is 4.18. The van der Waals surface area contributed by atoms with Gasteiger partial charge in [-0.25, -0.2) is 9.67 Å². The standard InChI is InChI=1S/C24H20ClN7O/c25-19-5-1-3-17(13-19)20-6-8-31(28-20)22-15-24(30-9-11-33-12-10-30)32-23(27-22)14-21(29-32)18-4-2-7-26-16-18/h1-8,13-16H,9-12H2. The Hall–Kier alpha value is -3.75. The summed E-state index contributed by atoms with van der Waals surface area (Å²) in [6.45, 7) is 2.92. The number of fused-ring (bicyclic) bond motifs is 1. The SMILES string of the molecule is Clc1cccc(-c2ccn(-c3cc(N4CCOCC4)n4nc(-c5cccnc5)cc4n3)n2)c1. The Morgan fingerprint density at radius 1 is 0.879 bits per heavy atom. The summed E-state index contributed by atoms with van der Waals surface area (Å²) in [5, 5.41) is 10.3. The molecule has 1 saturated heterocycles. The van der Waals surface area contributed by atoms with Gasteiger partial charge in [-0.15, -0.1) is 0 Å². The summed E-state index contributed by atoms with van der Waals surface area (Å²) in [7, 11) is 0. The van der Waals surface area contributed by atoms with E-state index in [1.165, 1.54) is 0 Å². The first-order chi connectivity index (χ1) is 16.2. The normalized spacial score (nSPS) is 14.2. The average Bonchev–Trinajstić information content (AvgIpc) is 3.52. The number of ether oxygens (including phenoxy) is 1. The lowest BCUT2D eigenvalue weighted by molar-refractivity contribution is 0.122. The largest absolute Gasteiger partial charge is 0.378 e. The number of rotatable bonds is 4. The van der Waals surface area contributed by atoms with Gasteiger partial charge in [0.25, 0.3) is 0 Å². The van der Waals surface area contributed by atoms with Crippen LogP contribution in [0.3, 0.4) is 0 Å². The van der Waals surface area contributed by atoms with Gasteiger partial charge in [-0.1, -0.05) is 23.7 Å². The van der Waals surface area contributed by atoms with Crippen molar-refractivity contribution in [3.05, 3.63) is 78.2 Å². The summed E-state index contributed by atoms with van der Waals surface area (Å²) in [6, 6.07) is 17.5. The molecule has 164 valence electrons. The molecule has 0 N–H and O–H groups in total. The summed E-state index contributed by atoms with van der Waals surface area (Å²) in [6.07, 6.45) is 5.47. The van der Waals surface area contributed by atoms with Crippen molar-refractivity contribution in [3.63, 3.8) is 0 Å². The second-order valence-corrected chi connectivity index (χ2v) is 8.21. The maximum absolute atomic E-state index is 6.17. The van der Waals surface area contributed by atoms with Crippen LogP contribution >= 0.6 is 11.6 Å². The second kappa shape index (κ2) is 8.31. The molecule has 8 nitrogen and oxygen atoms in total. The molecule has 0 aliphatic carbocycles. The molecular weight excluding hydrogens is 438 g/mol. The summed E-state index contributed by atoms with van der Waals surface area (Å²) in [5.74, 6) is 1.67. The minimum Gasteiger partial charge on any atom is -0.378 e. The monoisotopic (exact) mass is 457 g/mol. The van der Waals surface area contributed by atoms with Gasteiger partial charge < -0.3 is 9.64 Å². The summed E-state index contributed by atoms with van der Waals surface area (Å²) in [4.78, 5) is 11.4. The van der Waals surface area contributed by atoms with Crippen LogP contribution in [0, 0.1) is 0 Å². The lowest BCUT2D eigenvalue weighted by atomic mass is 10.2. The highest BCUT2D eigenvalue weighted by atomic mass is 35.5. The Labute approximate surface area is 195 Å². The number of aromatic nitrogens is 6. The first kappa shape index (κ1) is 19.9. The number of anilines is 1. The third-order valence-corrected chi connectivity index (χ3v) is 5.87. The van der Waals surface area contributed by atoms with Crippen LogP contribution in [0.15, 0.2) is 73.2 Å². The van der Waals surface area contributed by atoms with E-state index in [1.807, 2.05) is 71.5 Å². The van der Waals surface area contributed by atoms with Gasteiger partial charge in [-0.2, -0.15) is 14.7 Å². The lowest BCUT2D eigenvalue weighted by Gasteiger charge is -2.29. The average molecular weight is 458 g/mol. The zero-order valence-electron chi connectivity index (χ0n) is 17.7. The lowest BCUT2D eigenvalue weighted by Crippen LogP contribution is -2.37. The summed E-state index contributed by atoms with van der Waals surface area (Å²) >= 11 is 6.17. The van der Waals surface area contributed by atoms with Gasteiger partial charge in [0.2, 0.25) is 0 Å². The van der Waals surface area contributed by atoms with E-state index in [9.17, 15) is 0 Å². The highest BCUT2D eigenvalue weighted by molar-refractivity contribution is 6.30. The van der Waals surface area contributed by atoms with Crippen molar-refractivity contribution < 1.29 is 4.74 Å². The van der Waals surface area contributed by atoms with Crippen LogP contribution in [0.4, 0.5) is 5.82 Å². The molecule has 5 aromatic rings. The van der Waals surface area contributed by atoms with Crippen LogP contribution in [0.5, 0.6) is 0 Å². The topological polar surface area (TPSA) is 73.4 Å². The molecule has 4 aromatic heterocycles. The summed E-state index contributed by atoms with van der Waals surface area (Å²) in [5.41, 5.74) is 4.30. The van der Waals surface area contributed by atoms with Gasteiger partial charge in [-0.05, 0) is 30.3 Å². The third-order valence-electron chi connectivity index (χ3n) is 5.63. The zero-order chi connectivity index (χ0) is 22.2. The Morgan fingerprint density at radius 3 is 2.58 bits per heavy atom. The van der Waals surface area contributed by atoms with Gasteiger partial charge in [-0.3, -0.25) is 4.98 Å². The second-order valence-electron chi connectivity index (χ2n) is 7.77. The van der Waals surface area contributed by atoms with Crippen molar-refractivity contribution in [1.82, 2.24) is 29.4 Å². The van der Waals surface area contributed by atoms with Crippen LogP contribution in [-0.4, -0.2) is 55.7 Å². The predicted molar refractivity (Wildman–Crippen MR) is 127 cm³/mol. The van der Waals surface area contributed by atoms with Gasteiger partial charge >= 0.3 is 0 Å². The number of hydrogen-bond acceptors (Lipinski definition) is 6. The molecule has 1 fully saturated rings. The van der Waals surface area contributed by atoms with Crippen LogP contribution < -0.4 is 4.90 Å². The molecule has 0 radical (unpaired) electrons. The van der Waals surface area contributed by atoms with Crippen LogP contribution in [-0.2, 0) is 4.74 Å². The number of halogens is 1. The molecule has 1 aromatic carbocycles. The maximum Gasteiger partial charge on any atom is 0.160 e. The van der Waals surface area contributed by atoms with Crippen molar-refractivity contribution in [2.45, 2.75) is 0 Å². The van der Waals surface area contributed by atoms with Crippen molar-refractivity contribution in [1.29, 1.82) is 0 Å². The van der Waals surface area contributed by atoms with Crippen molar-refractivity contribution >= 4 is 23.1 Å². The molecule has 0 saturated carbocycles. The van der Waals surface area contributed by atoms with Crippen LogP contribution in [0.1, 0.15) is 0 Å². The minimum absolute atomic E-state index is 0.677. The highest BCUT2D eigenvalue weighted by Gasteiger charge is 2.19. The fourth-order valence-electron chi connectivity index (χ4n) is 3.99. The van der Waals surface area contributed by atoms with Crippen molar-refractivity contribution in [3.8, 4) is 28.3 Å². The molecule has 5 heterocycles. The Kier molecular flexibility index (Phi) is 5.01.